The molecule has 686 valence electrons. The number of carbonyl (C=O) groups excluding carboxylic acids is 13. The minimum Gasteiger partial charge on any atom is -0.392 e. The van der Waals surface area contributed by atoms with E-state index in [1.807, 2.05) is 0 Å². The number of aromatic amines is 2. The second-order valence-corrected chi connectivity index (χ2v) is 29.1. The molecule has 6 rings (SSSR count). The second-order valence-electron chi connectivity index (χ2n) is 29.1. The average Bonchev–Trinajstić information content (AvgIpc) is 1.81. The number of nitrogens with zero attached hydrogens (tertiary/aromatic N) is 2. The van der Waals surface area contributed by atoms with Crippen molar-refractivity contribution in [3.63, 3.8) is 0 Å². The molecule has 0 aromatic carbocycles. The summed E-state index contributed by atoms with van der Waals surface area (Å²) < 4.78 is 0. The number of hydrogen-bond donors (Lipinski definition) is 27. The molecule has 2 aromatic rings. The number of aromatic nitrogens is 4. The van der Waals surface area contributed by atoms with Crippen molar-refractivity contribution in [3.8, 4) is 0 Å². The highest BCUT2D eigenvalue weighted by Gasteiger charge is 2.28. The van der Waals surface area contributed by atoms with E-state index in [0.717, 1.165) is 11.4 Å². The highest BCUT2D eigenvalue weighted by Crippen LogP contribution is 2.10. The molecule has 118 heavy (non-hydrogen) atoms. The van der Waals surface area contributed by atoms with Crippen molar-refractivity contribution in [2.75, 3.05) is 58.9 Å². The molecule has 40 N–H and O–H groups in total. The minimum absolute atomic E-state index is 0.000370. The van der Waals surface area contributed by atoms with Crippen LogP contribution in [0.25, 0.3) is 0 Å². The summed E-state index contributed by atoms with van der Waals surface area (Å²) in [7, 11) is 0. The lowest BCUT2D eigenvalue weighted by Gasteiger charge is -2.10. The number of ketones is 12. The first-order valence-corrected chi connectivity index (χ1v) is 39.3. The van der Waals surface area contributed by atoms with Gasteiger partial charge in [0.05, 0.1) is 134 Å². The zero-order chi connectivity index (χ0) is 92.5. The number of H-pyrrole nitrogens is 2. The monoisotopic (exact) mass is 1690 g/mol. The van der Waals surface area contributed by atoms with Gasteiger partial charge in [-0.1, -0.05) is 0 Å². The van der Waals surface area contributed by atoms with Gasteiger partial charge in [-0.05, 0) is 173 Å². The van der Waals surface area contributed by atoms with E-state index in [1.165, 1.54) is 83.1 Å². The van der Waals surface area contributed by atoms with Crippen LogP contribution >= 0.6 is 0 Å². The van der Waals surface area contributed by atoms with Crippen molar-refractivity contribution in [2.24, 2.45) is 74.5 Å². The molecule has 0 aliphatic carbocycles. The highest BCUT2D eigenvalue weighted by molar-refractivity contribution is 5.85. The fraction of sp³-hybridized carbons (Fsp3) is 0.750. The third kappa shape index (κ3) is 74.1. The largest absolute Gasteiger partial charge is 0.392 e. The van der Waals surface area contributed by atoms with Crippen LogP contribution in [0.15, 0.2) is 25.0 Å². The van der Waals surface area contributed by atoms with Crippen LogP contribution in [-0.2, 0) is 75.2 Å². The Balaban J connectivity index is -0.000000291. The van der Waals surface area contributed by atoms with Crippen LogP contribution < -0.4 is 95.8 Å². The van der Waals surface area contributed by atoms with E-state index in [9.17, 15) is 62.3 Å². The van der Waals surface area contributed by atoms with E-state index in [-0.39, 0.29) is 157 Å². The molecule has 0 unspecified atom stereocenters. The highest BCUT2D eigenvalue weighted by atomic mass is 16.3. The second kappa shape index (κ2) is 73.9. The summed E-state index contributed by atoms with van der Waals surface area (Å²) >= 11 is 0. The molecular weight excluding hydrogens is 1540 g/mol. The lowest BCUT2D eigenvalue weighted by atomic mass is 10.1. The van der Waals surface area contributed by atoms with Crippen LogP contribution in [0, 0.1) is 0 Å². The normalized spacial score (nSPS) is 20.5. The van der Waals surface area contributed by atoms with Gasteiger partial charge in [0.2, 0.25) is 5.91 Å². The standard InChI is InChI=1S/2C7H11N3O.4C7H16N2O2.C7H14N2O2.4C6H11NO2.C3H7NO/c2*1-5(11)7(8)2-6-3-9-4-10-6;4*1-5(10)7(9)3-2-6(11)4-8;1-5(10)6(8)3-2-4-7(9)11;4*1-4(8)6-2-5(9)3-7-6;1-3(5)2-4/h2*3-4,7H,2,8H2,1H3,(H,9,10);4*6-7,11H,2-4,8-9H2,1H3;6H,2-4,8H2,1H3,(H2,9,11);4*5-7,9H,2-3H2,1H3;2,4H2,1H3/t2*7-;2*6-,7+;2*6-,7-;6-;2*5-,6+;2*5-,6-;/m10101001010./s1. The SMILES string of the molecule is CC(=O)CN.CC(=O)[C@@H](N)CCCC(N)=O.CC(=O)[C@@H](N)CC[C@@H](O)CN.CC(=O)[C@@H](N)CC[C@H](O)CN.CC(=O)[C@@H](N)Cc1cnc[nH]1.CC(=O)[C@@H]1C[C@@H](O)CN1.CC(=O)[C@@H]1C[C@H](O)CN1.CC(=O)[C@H](N)CC[C@@H](O)CN.CC(=O)[C@H](N)CC[C@H](O)CN.CC(=O)[C@H](N)Cc1cnc[nH]1.CC(=O)[C@H]1C[C@@H](O)CN1.CC(=O)[C@H]1C[C@H](O)CN1. The van der Waals surface area contributed by atoms with Gasteiger partial charge >= 0.3 is 0 Å². The van der Waals surface area contributed by atoms with Crippen LogP contribution in [0.4, 0.5) is 0 Å². The van der Waals surface area contributed by atoms with E-state index in [4.69, 9.17) is 115 Å². The van der Waals surface area contributed by atoms with Gasteiger partial charge in [-0.25, -0.2) is 9.97 Å². The maximum atomic E-state index is 10.7. The maximum absolute atomic E-state index is 10.7. The van der Waals surface area contributed by atoms with Gasteiger partial charge in [0.1, 0.15) is 69.4 Å². The third-order valence-corrected chi connectivity index (χ3v) is 17.6. The van der Waals surface area contributed by atoms with E-state index >= 15 is 0 Å². The molecular formula is C76H151N21O21. The minimum atomic E-state index is -0.527. The summed E-state index contributed by atoms with van der Waals surface area (Å²) in [5.74, 6) is -0.0810. The lowest BCUT2D eigenvalue weighted by molar-refractivity contribution is -0.120. The molecule has 19 atom stereocenters. The predicted octanol–water partition coefficient (Wildman–Crippen LogP) is -7.97. The van der Waals surface area contributed by atoms with Crippen molar-refractivity contribution in [2.45, 2.75) is 308 Å². The number of nitrogens with two attached hydrogens (primary N) is 13. The lowest BCUT2D eigenvalue weighted by Crippen LogP contribution is -2.30. The third-order valence-electron chi connectivity index (χ3n) is 17.6. The van der Waals surface area contributed by atoms with Crippen molar-refractivity contribution >= 4 is 75.3 Å². The molecule has 6 heterocycles. The van der Waals surface area contributed by atoms with Crippen LogP contribution in [0.1, 0.15) is 191 Å². The number of aliphatic hydroxyl groups excluding tert-OH is 8. The molecule has 42 nitrogen and oxygen atoms in total. The van der Waals surface area contributed by atoms with Gasteiger partial charge in [-0.2, -0.15) is 0 Å². The van der Waals surface area contributed by atoms with Gasteiger partial charge in [0.15, 0.2) is 0 Å². The Morgan fingerprint density at radius 1 is 0.356 bits per heavy atom. The number of rotatable bonds is 36. The number of carbonyl (C=O) groups is 13. The first-order chi connectivity index (χ1) is 54.8. The molecule has 4 fully saturated rings. The number of nitrogens with one attached hydrogen (secondary N) is 6. The Labute approximate surface area is 694 Å². The summed E-state index contributed by atoms with van der Waals surface area (Å²) in [6, 6.07) is -3.43. The summed E-state index contributed by atoms with van der Waals surface area (Å²) in [5, 5.41) is 83.3. The number of primary amides is 1. The molecule has 1 amide bonds. The Bertz CT molecular complexity index is 2760. The topological polar surface area (TPSA) is 827 Å². The quantitative estimate of drug-likeness (QED) is 0.0301. The van der Waals surface area contributed by atoms with Gasteiger partial charge < -0.3 is 147 Å². The summed E-state index contributed by atoms with van der Waals surface area (Å²) in [6.07, 6.45) is 11.9. The van der Waals surface area contributed by atoms with Crippen LogP contribution in [-0.4, -0.2) is 310 Å². The Morgan fingerprint density at radius 3 is 0.686 bits per heavy atom. The van der Waals surface area contributed by atoms with Crippen molar-refractivity contribution in [1.29, 1.82) is 0 Å². The van der Waals surface area contributed by atoms with E-state index in [2.05, 4.69) is 41.2 Å². The maximum Gasteiger partial charge on any atom is 0.217 e. The van der Waals surface area contributed by atoms with Crippen LogP contribution in [0.5, 0.6) is 0 Å². The molecule has 0 spiro atoms. The summed E-state index contributed by atoms with van der Waals surface area (Å²) in [4.78, 5) is 150. The van der Waals surface area contributed by atoms with Gasteiger partial charge in [-0.15, -0.1) is 0 Å². The zero-order valence-corrected chi connectivity index (χ0v) is 71.4. The van der Waals surface area contributed by atoms with Crippen LogP contribution in [0.3, 0.4) is 0 Å². The fourth-order valence-corrected chi connectivity index (χ4v) is 9.13. The Morgan fingerprint density at radius 2 is 0.559 bits per heavy atom. The molecule has 0 saturated carbocycles. The predicted molar refractivity (Wildman–Crippen MR) is 448 cm³/mol. The first kappa shape index (κ1) is 122. The van der Waals surface area contributed by atoms with Crippen molar-refractivity contribution < 1.29 is 103 Å². The van der Waals surface area contributed by atoms with Gasteiger partial charge in [0.25, 0.3) is 0 Å². The Hall–Kier alpha value is -7.03. The van der Waals surface area contributed by atoms with Gasteiger partial charge in [-0.3, -0.25) is 62.3 Å². The molecule has 4 saturated heterocycles. The number of aliphatic hydroxyl groups is 8. The smallest absolute Gasteiger partial charge is 0.217 e. The Kier molecular flexibility index (Phi) is 76.2. The number of imidazole rings is 2. The van der Waals surface area contributed by atoms with E-state index in [0.29, 0.717) is 135 Å². The summed E-state index contributed by atoms with van der Waals surface area (Å²) in [6.45, 7) is 21.1. The number of hydrogen-bond acceptors (Lipinski definition) is 39. The molecule has 0 bridgehead atoms. The molecule has 42 heteroatoms. The van der Waals surface area contributed by atoms with Crippen LogP contribution in [0.2, 0.25) is 0 Å². The number of amides is 1. The van der Waals surface area contributed by atoms with Crippen molar-refractivity contribution in [1.82, 2.24) is 41.2 Å². The summed E-state index contributed by atoms with van der Waals surface area (Å²) in [5.41, 5.74) is 70.2. The van der Waals surface area contributed by atoms with E-state index in [1.54, 1.807) is 25.0 Å². The first-order valence-electron chi connectivity index (χ1n) is 39.3. The number of β-amino-alcohol motifs (C(OH)–C–C–N with tert-alkyl or cyclic N) is 4. The molecule has 4 aliphatic rings. The average molecular weight is 1700 g/mol. The fourth-order valence-electron chi connectivity index (χ4n) is 9.13. The van der Waals surface area contributed by atoms with Gasteiger partial charge in [0, 0.05) is 95.4 Å². The zero-order valence-electron chi connectivity index (χ0n) is 71.4. The molecule has 0 radical (unpaired) electrons. The van der Waals surface area contributed by atoms with Crippen molar-refractivity contribution in [3.05, 3.63) is 36.4 Å². The molecule has 4 aliphatic heterocycles. The van der Waals surface area contributed by atoms with E-state index < -0.39 is 66.7 Å². The molecule has 2 aromatic heterocycles. The number of Topliss-reactive ketones (excluding diaryl/α,β-unsaturated/α-hetero) is 12.